The van der Waals surface area contributed by atoms with Crippen molar-refractivity contribution in [2.24, 2.45) is 14.1 Å². The Morgan fingerprint density at radius 2 is 1.85 bits per heavy atom. The van der Waals surface area contributed by atoms with Crippen molar-refractivity contribution >= 4 is 10.0 Å². The SMILES string of the molecule is Cc1nn(C)cc1S(=O)(=O)N(CCc1ccc(F)cc1)Cc1ccnn1C. The van der Waals surface area contributed by atoms with Crippen molar-refractivity contribution in [1.82, 2.24) is 23.9 Å². The zero-order valence-corrected chi connectivity index (χ0v) is 16.3. The van der Waals surface area contributed by atoms with Gasteiger partial charge in [0.25, 0.3) is 0 Å². The normalized spacial score (nSPS) is 12.0. The molecule has 0 aliphatic rings. The summed E-state index contributed by atoms with van der Waals surface area (Å²) in [6, 6.07) is 7.87. The lowest BCUT2D eigenvalue weighted by molar-refractivity contribution is 0.398. The molecule has 2 heterocycles. The number of aromatic nitrogens is 4. The molecule has 0 radical (unpaired) electrons. The fraction of sp³-hybridized carbons (Fsp3) is 0.333. The van der Waals surface area contributed by atoms with E-state index in [9.17, 15) is 12.8 Å². The van der Waals surface area contributed by atoms with Crippen molar-refractivity contribution in [1.29, 1.82) is 0 Å². The quantitative estimate of drug-likeness (QED) is 0.618. The van der Waals surface area contributed by atoms with Crippen molar-refractivity contribution in [3.8, 4) is 0 Å². The van der Waals surface area contributed by atoms with Crippen molar-refractivity contribution in [3.63, 3.8) is 0 Å². The highest BCUT2D eigenvalue weighted by Crippen LogP contribution is 2.21. The summed E-state index contributed by atoms with van der Waals surface area (Å²) in [5, 5.41) is 8.27. The summed E-state index contributed by atoms with van der Waals surface area (Å²) in [5.41, 5.74) is 2.10. The van der Waals surface area contributed by atoms with Crippen LogP contribution in [-0.4, -0.2) is 38.8 Å². The third kappa shape index (κ3) is 4.25. The van der Waals surface area contributed by atoms with Gasteiger partial charge in [0.1, 0.15) is 10.7 Å². The molecule has 0 amide bonds. The fourth-order valence-electron chi connectivity index (χ4n) is 2.90. The molecule has 0 fully saturated rings. The van der Waals surface area contributed by atoms with Crippen molar-refractivity contribution in [3.05, 3.63) is 65.5 Å². The molecule has 2 aromatic heterocycles. The Hall–Kier alpha value is -2.52. The van der Waals surface area contributed by atoms with Crippen LogP contribution in [0.2, 0.25) is 0 Å². The zero-order chi connectivity index (χ0) is 19.6. The van der Waals surface area contributed by atoms with E-state index < -0.39 is 10.0 Å². The summed E-state index contributed by atoms with van der Waals surface area (Å²) >= 11 is 0. The standard InChI is InChI=1S/C18H22FN5O2S/c1-14-18(13-22(2)21-14)27(25,26)24(12-17-8-10-20-23(17)3)11-9-15-4-6-16(19)7-5-15/h4-8,10,13H,9,11-12H2,1-3H3. The molecule has 0 unspecified atom stereocenters. The average Bonchev–Trinajstić information content (AvgIpc) is 3.17. The number of sulfonamides is 1. The van der Waals surface area contributed by atoms with Gasteiger partial charge in [-0.05, 0) is 37.1 Å². The third-order valence-corrected chi connectivity index (χ3v) is 6.36. The number of hydrogen-bond acceptors (Lipinski definition) is 4. The summed E-state index contributed by atoms with van der Waals surface area (Å²) < 4.78 is 44.2. The molecule has 27 heavy (non-hydrogen) atoms. The first-order valence-corrected chi connectivity index (χ1v) is 9.93. The van der Waals surface area contributed by atoms with Crippen LogP contribution in [0.25, 0.3) is 0 Å². The molecule has 3 rings (SSSR count). The van der Waals surface area contributed by atoms with Gasteiger partial charge in [0.2, 0.25) is 10.0 Å². The molecule has 0 saturated heterocycles. The molecule has 0 aliphatic heterocycles. The monoisotopic (exact) mass is 391 g/mol. The molecule has 9 heteroatoms. The molecule has 0 aliphatic carbocycles. The molecule has 0 spiro atoms. The summed E-state index contributed by atoms with van der Waals surface area (Å²) in [7, 11) is -0.284. The molecule has 0 bridgehead atoms. The first-order chi connectivity index (χ1) is 12.8. The van der Waals surface area contributed by atoms with Gasteiger partial charge < -0.3 is 0 Å². The number of rotatable bonds is 7. The van der Waals surface area contributed by atoms with E-state index in [-0.39, 0.29) is 23.8 Å². The summed E-state index contributed by atoms with van der Waals surface area (Å²) in [5.74, 6) is -0.316. The Balaban J connectivity index is 1.90. The van der Waals surface area contributed by atoms with Gasteiger partial charge in [-0.25, -0.2) is 12.8 Å². The maximum atomic E-state index is 13.3. The predicted octanol–water partition coefficient (Wildman–Crippen LogP) is 2.03. The Kier molecular flexibility index (Phi) is 5.43. The number of benzene rings is 1. The van der Waals surface area contributed by atoms with E-state index >= 15 is 0 Å². The van der Waals surface area contributed by atoms with Gasteiger partial charge >= 0.3 is 0 Å². The van der Waals surface area contributed by atoms with E-state index in [4.69, 9.17) is 0 Å². The maximum Gasteiger partial charge on any atom is 0.246 e. The van der Waals surface area contributed by atoms with Crippen LogP contribution in [0.4, 0.5) is 4.39 Å². The van der Waals surface area contributed by atoms with E-state index in [2.05, 4.69) is 10.2 Å². The molecule has 3 aromatic rings. The number of nitrogens with zero attached hydrogens (tertiary/aromatic N) is 5. The van der Waals surface area contributed by atoms with Gasteiger partial charge in [0.15, 0.2) is 0 Å². The van der Waals surface area contributed by atoms with Gasteiger partial charge in [-0.3, -0.25) is 9.36 Å². The molecular formula is C18H22FN5O2S. The number of hydrogen-bond donors (Lipinski definition) is 0. The van der Waals surface area contributed by atoms with Gasteiger partial charge in [-0.15, -0.1) is 0 Å². The third-order valence-electron chi connectivity index (χ3n) is 4.41. The maximum absolute atomic E-state index is 13.3. The van der Waals surface area contributed by atoms with Crippen LogP contribution in [0, 0.1) is 12.7 Å². The smallest absolute Gasteiger partial charge is 0.246 e. The lowest BCUT2D eigenvalue weighted by Crippen LogP contribution is -2.33. The van der Waals surface area contributed by atoms with Crippen LogP contribution < -0.4 is 0 Å². The van der Waals surface area contributed by atoms with Gasteiger partial charge in [-0.1, -0.05) is 12.1 Å². The summed E-state index contributed by atoms with van der Waals surface area (Å²) in [6.45, 7) is 2.12. The molecule has 0 saturated carbocycles. The van der Waals surface area contributed by atoms with E-state index in [0.717, 1.165) is 11.3 Å². The molecule has 7 nitrogen and oxygen atoms in total. The number of aryl methyl sites for hydroxylation is 3. The van der Waals surface area contributed by atoms with Crippen LogP contribution in [0.15, 0.2) is 47.6 Å². The van der Waals surface area contributed by atoms with Crippen LogP contribution in [0.5, 0.6) is 0 Å². The second kappa shape index (κ2) is 7.61. The highest BCUT2D eigenvalue weighted by molar-refractivity contribution is 7.89. The highest BCUT2D eigenvalue weighted by atomic mass is 32.2. The fourth-order valence-corrected chi connectivity index (χ4v) is 4.51. The molecule has 0 atom stereocenters. The summed E-state index contributed by atoms with van der Waals surface area (Å²) in [6.07, 6.45) is 3.62. The molecule has 0 N–H and O–H groups in total. The minimum Gasteiger partial charge on any atom is -0.274 e. The number of halogens is 1. The van der Waals surface area contributed by atoms with Crippen LogP contribution in [0.3, 0.4) is 0 Å². The van der Waals surface area contributed by atoms with Gasteiger partial charge in [0, 0.05) is 33.0 Å². The lowest BCUT2D eigenvalue weighted by Gasteiger charge is -2.22. The largest absolute Gasteiger partial charge is 0.274 e. The zero-order valence-electron chi connectivity index (χ0n) is 15.5. The van der Waals surface area contributed by atoms with E-state index in [1.54, 1.807) is 50.1 Å². The minimum absolute atomic E-state index is 0.186. The predicted molar refractivity (Wildman–Crippen MR) is 98.9 cm³/mol. The molecule has 144 valence electrons. The second-order valence-corrected chi connectivity index (χ2v) is 8.32. The van der Waals surface area contributed by atoms with Crippen LogP contribution in [-0.2, 0) is 37.1 Å². The second-order valence-electron chi connectivity index (χ2n) is 6.41. The molecule has 1 aromatic carbocycles. The Labute approximate surface area is 158 Å². The summed E-state index contributed by atoms with van der Waals surface area (Å²) in [4.78, 5) is 0.186. The highest BCUT2D eigenvalue weighted by Gasteiger charge is 2.28. The first kappa shape index (κ1) is 19.2. The van der Waals surface area contributed by atoms with Gasteiger partial charge in [0.05, 0.1) is 17.9 Å². The Bertz CT molecular complexity index is 1020. The Morgan fingerprint density at radius 3 is 2.41 bits per heavy atom. The van der Waals surface area contributed by atoms with E-state index in [1.807, 2.05) is 0 Å². The topological polar surface area (TPSA) is 73.0 Å². The lowest BCUT2D eigenvalue weighted by atomic mass is 10.1. The molecular weight excluding hydrogens is 369 g/mol. The minimum atomic E-state index is -3.75. The van der Waals surface area contributed by atoms with Crippen molar-refractivity contribution < 1.29 is 12.8 Å². The Morgan fingerprint density at radius 1 is 1.15 bits per heavy atom. The van der Waals surface area contributed by atoms with Crippen molar-refractivity contribution in [2.45, 2.75) is 24.8 Å². The van der Waals surface area contributed by atoms with Crippen molar-refractivity contribution in [2.75, 3.05) is 6.54 Å². The van der Waals surface area contributed by atoms with Crippen LogP contribution in [0.1, 0.15) is 17.0 Å². The average molecular weight is 391 g/mol. The first-order valence-electron chi connectivity index (χ1n) is 8.49. The van der Waals surface area contributed by atoms with E-state index in [1.165, 1.54) is 27.3 Å². The van der Waals surface area contributed by atoms with Gasteiger partial charge in [-0.2, -0.15) is 14.5 Å². The van der Waals surface area contributed by atoms with Crippen LogP contribution >= 0.6 is 0 Å². The van der Waals surface area contributed by atoms with E-state index in [0.29, 0.717) is 12.1 Å².